The van der Waals surface area contributed by atoms with E-state index in [0.717, 1.165) is 37.7 Å². The van der Waals surface area contributed by atoms with Gasteiger partial charge in [-0.3, -0.25) is 4.79 Å². The summed E-state index contributed by atoms with van der Waals surface area (Å²) in [4.78, 5) is 28.5. The highest BCUT2D eigenvalue weighted by Gasteiger charge is 2.49. The summed E-state index contributed by atoms with van der Waals surface area (Å²) in [5.74, 6) is 6.88. The fourth-order valence-corrected chi connectivity index (χ4v) is 4.95. The Bertz CT molecular complexity index is 1000. The van der Waals surface area contributed by atoms with Crippen molar-refractivity contribution in [3.63, 3.8) is 0 Å². The molecule has 0 spiro atoms. The van der Waals surface area contributed by atoms with Gasteiger partial charge in [0.15, 0.2) is 0 Å². The number of rotatable bonds is 17. The molecule has 1 amide bonds. The van der Waals surface area contributed by atoms with Gasteiger partial charge in [-0.15, -0.1) is 16.6 Å². The number of aromatic nitrogens is 1. The van der Waals surface area contributed by atoms with Crippen molar-refractivity contribution in [1.82, 2.24) is 10.0 Å². The smallest absolute Gasteiger partial charge is 0.333 e. The maximum Gasteiger partial charge on any atom is 0.333 e. The van der Waals surface area contributed by atoms with Gasteiger partial charge in [0.2, 0.25) is 17.7 Å². The van der Waals surface area contributed by atoms with Crippen LogP contribution in [0.2, 0.25) is 0 Å². The normalized spacial score (nSPS) is 20.4. The fourth-order valence-electron chi connectivity index (χ4n) is 4.95. The van der Waals surface area contributed by atoms with Crippen LogP contribution in [0.4, 0.5) is 0 Å². The minimum absolute atomic E-state index is 0.0840. The molecule has 2 aliphatic carbocycles. The molecule has 1 aromatic rings. The Kier molecular flexibility index (Phi) is 11.7. The third kappa shape index (κ3) is 10.7. The number of hydrogen-bond acceptors (Lipinski definition) is 8. The van der Waals surface area contributed by atoms with Crippen molar-refractivity contribution in [2.24, 2.45) is 17.8 Å². The zero-order valence-electron chi connectivity index (χ0n) is 24.4. The average Bonchev–Trinajstić information content (AvgIpc) is 3.42. The third-order valence-corrected chi connectivity index (χ3v) is 7.67. The molecule has 224 valence electrons. The fraction of sp³-hybridized carbons (Fsp3) is 0.733. The summed E-state index contributed by atoms with van der Waals surface area (Å²) in [5.41, 5.74) is -0.577. The monoisotopic (exact) mass is 562 g/mol. The molecule has 1 saturated carbocycles. The largest absolute Gasteiger partial charge is 0.492 e. The number of ether oxygens (including phenoxy) is 3. The second-order valence-electron chi connectivity index (χ2n) is 11.9. The molecule has 0 saturated heterocycles. The first-order valence-electron chi connectivity index (χ1n) is 14.4. The average molecular weight is 563 g/mol. The van der Waals surface area contributed by atoms with Crippen LogP contribution in [0.3, 0.4) is 0 Å². The molecule has 0 bridgehead atoms. The first-order valence-corrected chi connectivity index (χ1v) is 14.4. The molecule has 1 heterocycles. The topological polar surface area (TPSA) is 128 Å². The second-order valence-corrected chi connectivity index (χ2v) is 11.9. The highest BCUT2D eigenvalue weighted by Crippen LogP contribution is 2.52. The molecule has 2 atom stereocenters. The molecule has 1 aromatic heterocycles. The summed E-state index contributed by atoms with van der Waals surface area (Å²) in [5, 5.41) is 21.6. The van der Waals surface area contributed by atoms with Crippen LogP contribution in [0.1, 0.15) is 79.1 Å². The lowest BCUT2D eigenvalue weighted by molar-refractivity contribution is -0.146. The Labute approximate surface area is 237 Å². The van der Waals surface area contributed by atoms with Gasteiger partial charge >= 0.3 is 5.97 Å². The Morgan fingerprint density at radius 2 is 1.52 bits per heavy atom. The van der Waals surface area contributed by atoms with E-state index in [-0.39, 0.29) is 30.0 Å². The van der Waals surface area contributed by atoms with Gasteiger partial charge in [-0.1, -0.05) is 0 Å². The predicted octanol–water partition coefficient (Wildman–Crippen LogP) is 3.58. The molecule has 2 unspecified atom stereocenters. The van der Waals surface area contributed by atoms with Crippen molar-refractivity contribution in [1.29, 1.82) is 0 Å². The van der Waals surface area contributed by atoms with Crippen LogP contribution in [0, 0.1) is 29.6 Å². The Hall–Kier alpha value is -2.74. The van der Waals surface area contributed by atoms with E-state index < -0.39 is 17.7 Å². The van der Waals surface area contributed by atoms with Crippen LogP contribution in [0.15, 0.2) is 12.1 Å². The number of amides is 1. The summed E-state index contributed by atoms with van der Waals surface area (Å²) >= 11 is 0. The summed E-state index contributed by atoms with van der Waals surface area (Å²) < 4.78 is 18.7. The maximum atomic E-state index is 11.9. The first-order chi connectivity index (χ1) is 19.0. The summed E-state index contributed by atoms with van der Waals surface area (Å²) in [6.45, 7) is 10.9. The number of nitrogens with one attached hydrogen (secondary N) is 1. The van der Waals surface area contributed by atoms with Crippen LogP contribution >= 0.6 is 0 Å². The van der Waals surface area contributed by atoms with Gasteiger partial charge in [0.1, 0.15) is 0 Å². The number of nitrogens with zero attached hydrogens (tertiary/aromatic N) is 1. The standard InChI is InChI=1S/C30H46N2O8/c1-29(2,38-19-16-30(3,4)39-21-24-22-9-7-5-6-8-10-23(22)24)15-18-37-20-17-31-25(33)11-14-28(36)40-32-26(34)12-13-27(32)35/h12-13,22-24,34-35H,7-11,14-21H2,1-4H3,(H,31,33). The molecule has 2 aliphatic rings. The summed E-state index contributed by atoms with van der Waals surface area (Å²) in [6.07, 6.45) is 5.71. The van der Waals surface area contributed by atoms with E-state index in [1.165, 1.54) is 25.0 Å². The maximum absolute atomic E-state index is 11.9. The van der Waals surface area contributed by atoms with E-state index in [1.54, 1.807) is 0 Å². The van der Waals surface area contributed by atoms with E-state index in [9.17, 15) is 19.8 Å². The quantitative estimate of drug-likeness (QED) is 0.194. The number of aromatic hydroxyl groups is 2. The van der Waals surface area contributed by atoms with Crippen LogP contribution in [-0.2, 0) is 23.8 Å². The van der Waals surface area contributed by atoms with E-state index in [0.29, 0.717) is 43.4 Å². The third-order valence-electron chi connectivity index (χ3n) is 7.67. The van der Waals surface area contributed by atoms with E-state index in [1.807, 2.05) is 13.8 Å². The molecule has 3 N–H and O–H groups in total. The van der Waals surface area contributed by atoms with Gasteiger partial charge in [-0.2, -0.15) is 0 Å². The van der Waals surface area contributed by atoms with Crippen molar-refractivity contribution in [3.8, 4) is 23.6 Å². The minimum Gasteiger partial charge on any atom is -0.492 e. The van der Waals surface area contributed by atoms with Crippen molar-refractivity contribution in [2.45, 2.75) is 90.3 Å². The zero-order chi connectivity index (χ0) is 29.2. The lowest BCUT2D eigenvalue weighted by Crippen LogP contribution is -2.32. The van der Waals surface area contributed by atoms with Gasteiger partial charge in [0, 0.05) is 44.5 Å². The van der Waals surface area contributed by atoms with Crippen LogP contribution in [0.5, 0.6) is 11.8 Å². The highest BCUT2D eigenvalue weighted by molar-refractivity contribution is 5.81. The molecular formula is C30H46N2O8. The number of carbonyl (C=O) groups excluding carboxylic acids is 2. The number of hydrogen-bond donors (Lipinski definition) is 3. The van der Waals surface area contributed by atoms with Crippen molar-refractivity contribution < 1.29 is 38.9 Å². The molecule has 3 rings (SSSR count). The van der Waals surface area contributed by atoms with E-state index in [4.69, 9.17) is 19.0 Å². The van der Waals surface area contributed by atoms with Gasteiger partial charge in [0.05, 0.1) is 37.4 Å². The van der Waals surface area contributed by atoms with Crippen LogP contribution < -0.4 is 10.2 Å². The first kappa shape index (κ1) is 31.8. The Morgan fingerprint density at radius 1 is 0.925 bits per heavy atom. The van der Waals surface area contributed by atoms with Crippen LogP contribution in [0.25, 0.3) is 0 Å². The molecular weight excluding hydrogens is 516 g/mol. The van der Waals surface area contributed by atoms with Gasteiger partial charge in [-0.25, -0.2) is 4.79 Å². The number of fused-ring (bicyclic) bond motifs is 1. The molecule has 0 aliphatic heterocycles. The number of carbonyl (C=O) groups is 2. The lowest BCUT2D eigenvalue weighted by atomic mass is 10.0. The summed E-state index contributed by atoms with van der Waals surface area (Å²) in [7, 11) is 0. The molecule has 1 fully saturated rings. The van der Waals surface area contributed by atoms with Crippen molar-refractivity contribution in [2.75, 3.05) is 33.0 Å². The Morgan fingerprint density at radius 3 is 2.17 bits per heavy atom. The molecule has 0 aromatic carbocycles. The molecule has 10 heteroatoms. The molecule has 0 radical (unpaired) electrons. The Balaban J connectivity index is 1.18. The summed E-state index contributed by atoms with van der Waals surface area (Å²) in [6, 6.07) is 2.36. The lowest BCUT2D eigenvalue weighted by Gasteiger charge is -2.30. The van der Waals surface area contributed by atoms with Gasteiger partial charge in [-0.05, 0) is 71.1 Å². The molecule has 10 nitrogen and oxygen atoms in total. The van der Waals surface area contributed by atoms with E-state index in [2.05, 4.69) is 31.0 Å². The zero-order valence-corrected chi connectivity index (χ0v) is 24.4. The second kappa shape index (κ2) is 14.8. The minimum atomic E-state index is -0.757. The van der Waals surface area contributed by atoms with E-state index >= 15 is 0 Å². The van der Waals surface area contributed by atoms with Crippen molar-refractivity contribution >= 4 is 11.9 Å². The van der Waals surface area contributed by atoms with Gasteiger partial charge in [0.25, 0.3) is 0 Å². The van der Waals surface area contributed by atoms with Crippen molar-refractivity contribution in [3.05, 3.63) is 12.1 Å². The highest BCUT2D eigenvalue weighted by atomic mass is 16.7. The van der Waals surface area contributed by atoms with Crippen LogP contribution in [-0.4, -0.2) is 71.0 Å². The predicted molar refractivity (Wildman–Crippen MR) is 148 cm³/mol. The SMILES string of the molecule is CC(C)(CCOCCNC(=O)CCC(=O)On1c(O)ccc1O)OCCC(C)(C)OCC1C2CCC#CCCC21. The van der Waals surface area contributed by atoms with Gasteiger partial charge < -0.3 is 34.6 Å². The molecule has 40 heavy (non-hydrogen) atoms.